The van der Waals surface area contributed by atoms with Crippen LogP contribution in [-0.4, -0.2) is 22.1 Å². The van der Waals surface area contributed by atoms with Crippen LogP contribution in [0.3, 0.4) is 0 Å². The van der Waals surface area contributed by atoms with Crippen LogP contribution in [0, 0.1) is 0 Å². The number of anilines is 1. The van der Waals surface area contributed by atoms with Crippen LogP contribution in [0.25, 0.3) is 0 Å². The third-order valence-electron chi connectivity index (χ3n) is 4.98. The fraction of sp³-hybridized carbons (Fsp3) is 0.474. The average Bonchev–Trinajstić information content (AvgIpc) is 3.20. The van der Waals surface area contributed by atoms with Crippen LogP contribution in [-0.2, 0) is 32.2 Å². The first-order valence-electron chi connectivity index (χ1n) is 9.01. The number of aryl methyl sites for hydroxylation is 4. The van der Waals surface area contributed by atoms with Crippen molar-refractivity contribution in [3.05, 3.63) is 47.0 Å². The van der Waals surface area contributed by atoms with Gasteiger partial charge in [0.25, 0.3) is 0 Å². The quantitative estimate of drug-likeness (QED) is 0.426. The summed E-state index contributed by atoms with van der Waals surface area (Å²) in [6, 6.07) is 6.50. The molecule has 4 rings (SSSR count). The van der Waals surface area contributed by atoms with Gasteiger partial charge >= 0.3 is 0 Å². The normalized spacial score (nSPS) is 16.1. The first-order valence-corrected chi connectivity index (χ1v) is 9.01. The number of aliphatic imine (C=N–C) groups is 1. The molecule has 1 aromatic carbocycles. The van der Waals surface area contributed by atoms with Crippen molar-refractivity contribution in [2.75, 3.05) is 11.9 Å². The third-order valence-corrected chi connectivity index (χ3v) is 4.98. The number of rotatable bonds is 4. The third kappa shape index (κ3) is 4.34. The molecule has 0 atom stereocenters. The van der Waals surface area contributed by atoms with Crippen molar-refractivity contribution in [1.29, 1.82) is 0 Å². The van der Waals surface area contributed by atoms with E-state index < -0.39 is 0 Å². The van der Waals surface area contributed by atoms with Crippen LogP contribution in [0.2, 0.25) is 0 Å². The van der Waals surface area contributed by atoms with Crippen LogP contribution in [0.4, 0.5) is 5.69 Å². The van der Waals surface area contributed by atoms with Crippen molar-refractivity contribution < 1.29 is 0 Å². The molecule has 2 aromatic rings. The van der Waals surface area contributed by atoms with Crippen molar-refractivity contribution in [1.82, 2.24) is 9.55 Å². The molecule has 2 aliphatic rings. The maximum absolute atomic E-state index is 6.03. The van der Waals surface area contributed by atoms with E-state index in [1.165, 1.54) is 49.1 Å². The fourth-order valence-corrected chi connectivity index (χ4v) is 3.72. The number of fused-ring (bicyclic) bond motifs is 2. The maximum Gasteiger partial charge on any atom is 0.193 e. The van der Waals surface area contributed by atoms with Gasteiger partial charge < -0.3 is 15.6 Å². The van der Waals surface area contributed by atoms with Crippen molar-refractivity contribution in [2.24, 2.45) is 10.7 Å². The standard InChI is InChI=1S/C19H25N5.HI/c20-19(23-16-8-7-14-4-3-5-15(14)12-16)21-10-9-17-13-24-11-2-1-6-18(24)22-17;/h7-8,12-13H,1-6,9-11H2,(H3,20,21,23);1H. The highest BCUT2D eigenvalue weighted by atomic mass is 127. The summed E-state index contributed by atoms with van der Waals surface area (Å²) in [6.07, 6.45) is 10.3. The molecule has 5 nitrogen and oxygen atoms in total. The molecule has 25 heavy (non-hydrogen) atoms. The van der Waals surface area contributed by atoms with Gasteiger partial charge in [0, 0.05) is 37.8 Å². The van der Waals surface area contributed by atoms with Crippen molar-refractivity contribution in [3.63, 3.8) is 0 Å². The van der Waals surface area contributed by atoms with E-state index in [9.17, 15) is 0 Å². The second kappa shape index (κ2) is 8.21. The zero-order chi connectivity index (χ0) is 16.4. The van der Waals surface area contributed by atoms with E-state index in [2.05, 4.69) is 39.3 Å². The van der Waals surface area contributed by atoms with Crippen molar-refractivity contribution in [2.45, 2.75) is 51.5 Å². The van der Waals surface area contributed by atoms with Crippen molar-refractivity contribution >= 4 is 35.6 Å². The summed E-state index contributed by atoms with van der Waals surface area (Å²) in [4.78, 5) is 9.15. The molecular formula is C19H26IN5. The highest BCUT2D eigenvalue weighted by Crippen LogP contribution is 2.24. The maximum atomic E-state index is 6.03. The lowest BCUT2D eigenvalue weighted by atomic mass is 10.1. The number of nitrogens with two attached hydrogens (primary N) is 1. The lowest BCUT2D eigenvalue weighted by molar-refractivity contribution is 0.522. The highest BCUT2D eigenvalue weighted by molar-refractivity contribution is 14.0. The summed E-state index contributed by atoms with van der Waals surface area (Å²) in [6.45, 7) is 1.77. The molecule has 0 amide bonds. The Balaban J connectivity index is 0.00000182. The second-order valence-electron chi connectivity index (χ2n) is 6.78. The fourth-order valence-electron chi connectivity index (χ4n) is 3.72. The number of nitrogens with one attached hydrogen (secondary N) is 1. The largest absolute Gasteiger partial charge is 0.370 e. The first-order chi connectivity index (χ1) is 11.8. The van der Waals surface area contributed by atoms with Gasteiger partial charge in [0.05, 0.1) is 5.69 Å². The van der Waals surface area contributed by atoms with Crippen LogP contribution in [0.1, 0.15) is 41.9 Å². The number of hydrogen-bond donors (Lipinski definition) is 2. The van der Waals surface area contributed by atoms with E-state index in [1.54, 1.807) is 0 Å². The van der Waals surface area contributed by atoms with Crippen molar-refractivity contribution in [3.8, 4) is 0 Å². The van der Waals surface area contributed by atoms with E-state index in [0.29, 0.717) is 12.5 Å². The molecule has 0 fully saturated rings. The van der Waals surface area contributed by atoms with Gasteiger partial charge in [-0.3, -0.25) is 4.99 Å². The summed E-state index contributed by atoms with van der Waals surface area (Å²) in [5, 5.41) is 3.21. The molecule has 6 heteroatoms. The Kier molecular flexibility index (Phi) is 5.98. The number of benzene rings is 1. The minimum atomic E-state index is 0. The Bertz CT molecular complexity index is 742. The van der Waals surface area contributed by atoms with E-state index in [4.69, 9.17) is 10.7 Å². The Hall–Kier alpha value is -1.57. The number of imidazole rings is 1. The van der Waals surface area contributed by atoms with E-state index in [0.717, 1.165) is 30.8 Å². The van der Waals surface area contributed by atoms with Gasteiger partial charge in [-0.2, -0.15) is 0 Å². The van der Waals surface area contributed by atoms with Crippen LogP contribution in [0.5, 0.6) is 0 Å². The Morgan fingerprint density at radius 1 is 1.16 bits per heavy atom. The molecule has 0 unspecified atom stereocenters. The van der Waals surface area contributed by atoms with Gasteiger partial charge in [-0.25, -0.2) is 4.98 Å². The van der Waals surface area contributed by atoms with Crippen LogP contribution >= 0.6 is 24.0 Å². The van der Waals surface area contributed by atoms with Gasteiger partial charge in [-0.1, -0.05) is 6.07 Å². The molecule has 1 aliphatic carbocycles. The molecule has 134 valence electrons. The number of hydrogen-bond acceptors (Lipinski definition) is 2. The van der Waals surface area contributed by atoms with E-state index >= 15 is 0 Å². The Morgan fingerprint density at radius 3 is 2.92 bits per heavy atom. The zero-order valence-corrected chi connectivity index (χ0v) is 16.8. The van der Waals surface area contributed by atoms with E-state index in [1.807, 2.05) is 0 Å². The molecule has 0 saturated carbocycles. The van der Waals surface area contributed by atoms with Gasteiger partial charge in [0.15, 0.2) is 5.96 Å². The lowest BCUT2D eigenvalue weighted by Gasteiger charge is -2.11. The van der Waals surface area contributed by atoms with Gasteiger partial charge in [0.1, 0.15) is 5.82 Å². The molecule has 2 heterocycles. The lowest BCUT2D eigenvalue weighted by Crippen LogP contribution is -2.23. The van der Waals surface area contributed by atoms with E-state index in [-0.39, 0.29) is 24.0 Å². The Morgan fingerprint density at radius 2 is 2.04 bits per heavy atom. The smallest absolute Gasteiger partial charge is 0.193 e. The first kappa shape index (κ1) is 18.2. The summed E-state index contributed by atoms with van der Waals surface area (Å²) in [7, 11) is 0. The molecule has 3 N–H and O–H groups in total. The zero-order valence-electron chi connectivity index (χ0n) is 14.5. The molecule has 0 bridgehead atoms. The molecular weight excluding hydrogens is 425 g/mol. The molecule has 0 radical (unpaired) electrons. The summed E-state index contributed by atoms with van der Waals surface area (Å²) < 4.78 is 2.29. The average molecular weight is 451 g/mol. The summed E-state index contributed by atoms with van der Waals surface area (Å²) in [5.41, 5.74) is 11.1. The number of aromatic nitrogens is 2. The molecule has 1 aromatic heterocycles. The molecule has 0 saturated heterocycles. The van der Waals surface area contributed by atoms with Gasteiger partial charge in [-0.05, 0) is 55.4 Å². The minimum Gasteiger partial charge on any atom is -0.370 e. The number of guanidine groups is 1. The summed E-state index contributed by atoms with van der Waals surface area (Å²) >= 11 is 0. The summed E-state index contributed by atoms with van der Waals surface area (Å²) in [5.74, 6) is 1.71. The molecule has 0 spiro atoms. The predicted molar refractivity (Wildman–Crippen MR) is 113 cm³/mol. The Labute approximate surface area is 166 Å². The van der Waals surface area contributed by atoms with Gasteiger partial charge in [-0.15, -0.1) is 24.0 Å². The monoisotopic (exact) mass is 451 g/mol. The highest BCUT2D eigenvalue weighted by Gasteiger charge is 2.12. The van der Waals surface area contributed by atoms with Crippen LogP contribution < -0.4 is 11.1 Å². The SMILES string of the molecule is I.NC(=NCCc1cn2c(n1)CCCC2)Nc1ccc2c(c1)CCC2. The molecule has 1 aliphatic heterocycles. The van der Waals surface area contributed by atoms with Gasteiger partial charge in [0.2, 0.25) is 0 Å². The van der Waals surface area contributed by atoms with Crippen LogP contribution in [0.15, 0.2) is 29.4 Å². The number of nitrogens with zero attached hydrogens (tertiary/aromatic N) is 3. The topological polar surface area (TPSA) is 68.2 Å². The second-order valence-corrected chi connectivity index (χ2v) is 6.78. The minimum absolute atomic E-state index is 0. The number of halogens is 1. The predicted octanol–water partition coefficient (Wildman–Crippen LogP) is 3.30.